The van der Waals surface area contributed by atoms with Crippen LogP contribution in [0, 0.1) is 13.8 Å². The monoisotopic (exact) mass is 273 g/mol. The van der Waals surface area contributed by atoms with E-state index < -0.39 is 0 Å². The molecule has 1 aromatic carbocycles. The van der Waals surface area contributed by atoms with Crippen LogP contribution in [0.4, 0.5) is 0 Å². The van der Waals surface area contributed by atoms with E-state index in [1.54, 1.807) is 0 Å². The molecule has 0 radical (unpaired) electrons. The molecule has 1 heterocycles. The van der Waals surface area contributed by atoms with Crippen molar-refractivity contribution >= 4 is 0 Å². The number of rotatable bonds is 5. The predicted molar refractivity (Wildman–Crippen MR) is 76.9 cm³/mol. The quantitative estimate of drug-likeness (QED) is 0.878. The Morgan fingerprint density at radius 2 is 1.80 bits per heavy atom. The van der Waals surface area contributed by atoms with Gasteiger partial charge in [-0.3, -0.25) is 0 Å². The lowest BCUT2D eigenvalue weighted by Gasteiger charge is -2.12. The number of benzene rings is 1. The van der Waals surface area contributed by atoms with E-state index in [1.807, 2.05) is 44.2 Å². The number of aliphatic hydroxyl groups is 2. The van der Waals surface area contributed by atoms with Gasteiger partial charge in [-0.15, -0.1) is 0 Å². The number of hydrogen-bond acceptors (Lipinski definition) is 4. The standard InChI is InChI=1S/C16H19NO3/c1-11-9-12(2)17-16(15(11)10-19)20-14-5-3-13(4-6-14)7-8-18/h3-6,9,18-19H,7-8,10H2,1-2H3. The molecular formula is C16H19NO3. The van der Waals surface area contributed by atoms with Gasteiger partial charge in [0.25, 0.3) is 0 Å². The van der Waals surface area contributed by atoms with Crippen molar-refractivity contribution in [3.63, 3.8) is 0 Å². The average Bonchev–Trinajstić information content (AvgIpc) is 2.41. The van der Waals surface area contributed by atoms with Crippen LogP contribution in [-0.2, 0) is 13.0 Å². The fraction of sp³-hybridized carbons (Fsp3) is 0.312. The lowest BCUT2D eigenvalue weighted by Crippen LogP contribution is -2.00. The van der Waals surface area contributed by atoms with Gasteiger partial charge in [0.2, 0.25) is 5.88 Å². The van der Waals surface area contributed by atoms with Gasteiger partial charge < -0.3 is 14.9 Å². The van der Waals surface area contributed by atoms with E-state index in [2.05, 4.69) is 4.98 Å². The molecular weight excluding hydrogens is 254 g/mol. The molecule has 0 aliphatic heterocycles. The van der Waals surface area contributed by atoms with Crippen molar-refractivity contribution in [2.75, 3.05) is 6.61 Å². The molecule has 2 N–H and O–H groups in total. The van der Waals surface area contributed by atoms with Crippen molar-refractivity contribution in [1.82, 2.24) is 4.98 Å². The Balaban J connectivity index is 2.25. The maximum absolute atomic E-state index is 9.43. The number of ether oxygens (including phenoxy) is 1. The Labute approximate surface area is 118 Å². The van der Waals surface area contributed by atoms with E-state index >= 15 is 0 Å². The van der Waals surface area contributed by atoms with E-state index in [0.29, 0.717) is 23.6 Å². The highest BCUT2D eigenvalue weighted by Gasteiger charge is 2.10. The second-order valence-electron chi connectivity index (χ2n) is 4.74. The molecule has 4 heteroatoms. The predicted octanol–water partition coefficient (Wildman–Crippen LogP) is 2.52. The van der Waals surface area contributed by atoms with E-state index in [4.69, 9.17) is 9.84 Å². The van der Waals surface area contributed by atoms with E-state index in [1.165, 1.54) is 0 Å². The molecule has 0 spiro atoms. The van der Waals surface area contributed by atoms with Crippen molar-refractivity contribution in [1.29, 1.82) is 0 Å². The Morgan fingerprint density at radius 1 is 1.10 bits per heavy atom. The van der Waals surface area contributed by atoms with Crippen molar-refractivity contribution < 1.29 is 14.9 Å². The van der Waals surface area contributed by atoms with Crippen molar-refractivity contribution in [2.45, 2.75) is 26.9 Å². The molecule has 0 unspecified atom stereocenters. The molecule has 20 heavy (non-hydrogen) atoms. The summed E-state index contributed by atoms with van der Waals surface area (Å²) in [6.07, 6.45) is 0.629. The number of aliphatic hydroxyl groups excluding tert-OH is 2. The highest BCUT2D eigenvalue weighted by Crippen LogP contribution is 2.26. The first kappa shape index (κ1) is 14.5. The highest BCUT2D eigenvalue weighted by atomic mass is 16.5. The van der Waals surface area contributed by atoms with Crippen LogP contribution in [0.1, 0.15) is 22.4 Å². The van der Waals surface area contributed by atoms with Crippen LogP contribution in [0.5, 0.6) is 11.6 Å². The smallest absolute Gasteiger partial charge is 0.225 e. The van der Waals surface area contributed by atoms with E-state index in [0.717, 1.165) is 16.8 Å². The maximum atomic E-state index is 9.43. The first-order valence-corrected chi connectivity index (χ1v) is 6.59. The zero-order valence-corrected chi connectivity index (χ0v) is 11.8. The van der Waals surface area contributed by atoms with Crippen LogP contribution < -0.4 is 4.74 Å². The van der Waals surface area contributed by atoms with E-state index in [-0.39, 0.29) is 13.2 Å². The van der Waals surface area contributed by atoms with Gasteiger partial charge in [0.1, 0.15) is 5.75 Å². The van der Waals surface area contributed by atoms with E-state index in [9.17, 15) is 5.11 Å². The first-order valence-electron chi connectivity index (χ1n) is 6.59. The Hall–Kier alpha value is -1.91. The number of aromatic nitrogens is 1. The number of pyridine rings is 1. The van der Waals surface area contributed by atoms with Crippen LogP contribution in [0.25, 0.3) is 0 Å². The molecule has 0 fully saturated rings. The molecule has 0 atom stereocenters. The summed E-state index contributed by atoms with van der Waals surface area (Å²) in [6, 6.07) is 9.42. The Morgan fingerprint density at radius 3 is 2.40 bits per heavy atom. The summed E-state index contributed by atoms with van der Waals surface area (Å²) < 4.78 is 5.76. The molecule has 0 saturated carbocycles. The van der Waals surface area contributed by atoms with Crippen LogP contribution >= 0.6 is 0 Å². The Bertz CT molecular complexity index is 579. The molecule has 1 aromatic heterocycles. The second kappa shape index (κ2) is 6.50. The molecule has 0 bridgehead atoms. The third-order valence-corrected chi connectivity index (χ3v) is 3.13. The SMILES string of the molecule is Cc1cc(C)c(CO)c(Oc2ccc(CCO)cc2)n1. The van der Waals surface area contributed by atoms with Crippen LogP contribution in [0.15, 0.2) is 30.3 Å². The van der Waals surface area contributed by atoms with Gasteiger partial charge >= 0.3 is 0 Å². The normalized spacial score (nSPS) is 10.6. The molecule has 0 amide bonds. The van der Waals surface area contributed by atoms with Gasteiger partial charge in [-0.05, 0) is 49.6 Å². The molecule has 0 saturated heterocycles. The van der Waals surface area contributed by atoms with Crippen molar-refractivity contribution in [3.8, 4) is 11.6 Å². The largest absolute Gasteiger partial charge is 0.439 e. The van der Waals surface area contributed by atoms with Crippen LogP contribution in [-0.4, -0.2) is 21.8 Å². The minimum absolute atomic E-state index is 0.100. The van der Waals surface area contributed by atoms with Crippen LogP contribution in [0.3, 0.4) is 0 Å². The van der Waals surface area contributed by atoms with Crippen molar-refractivity contribution in [2.24, 2.45) is 0 Å². The molecule has 106 valence electrons. The zero-order valence-electron chi connectivity index (χ0n) is 11.8. The first-order chi connectivity index (χ1) is 9.63. The summed E-state index contributed by atoms with van der Waals surface area (Å²) in [5.74, 6) is 1.11. The van der Waals surface area contributed by atoms with Gasteiger partial charge in [-0.25, -0.2) is 4.98 Å². The lowest BCUT2D eigenvalue weighted by molar-refractivity contribution is 0.274. The van der Waals surface area contributed by atoms with Crippen molar-refractivity contribution in [3.05, 3.63) is 52.7 Å². The third-order valence-electron chi connectivity index (χ3n) is 3.13. The highest BCUT2D eigenvalue weighted by molar-refractivity contribution is 5.39. The topological polar surface area (TPSA) is 62.6 Å². The summed E-state index contributed by atoms with van der Waals surface area (Å²) >= 11 is 0. The van der Waals surface area contributed by atoms with Gasteiger partial charge in [0.15, 0.2) is 0 Å². The fourth-order valence-corrected chi connectivity index (χ4v) is 2.07. The molecule has 4 nitrogen and oxygen atoms in total. The van der Waals surface area contributed by atoms with Gasteiger partial charge in [0.05, 0.1) is 6.61 Å². The average molecular weight is 273 g/mol. The number of nitrogens with zero attached hydrogens (tertiary/aromatic N) is 1. The Kier molecular flexibility index (Phi) is 4.71. The lowest BCUT2D eigenvalue weighted by atomic mass is 10.1. The summed E-state index contributed by atoms with van der Waals surface area (Å²) in [6.45, 7) is 3.85. The van der Waals surface area contributed by atoms with Gasteiger partial charge in [-0.2, -0.15) is 0 Å². The maximum Gasteiger partial charge on any atom is 0.225 e. The number of aryl methyl sites for hydroxylation is 2. The summed E-state index contributed by atoms with van der Waals surface area (Å²) in [5, 5.41) is 18.3. The van der Waals surface area contributed by atoms with Crippen LogP contribution in [0.2, 0.25) is 0 Å². The minimum Gasteiger partial charge on any atom is -0.439 e. The molecule has 2 aromatic rings. The zero-order chi connectivity index (χ0) is 14.5. The summed E-state index contributed by atoms with van der Waals surface area (Å²) in [7, 11) is 0. The fourth-order valence-electron chi connectivity index (χ4n) is 2.07. The summed E-state index contributed by atoms with van der Waals surface area (Å²) in [5.41, 5.74) is 3.57. The molecule has 2 rings (SSSR count). The molecule has 0 aliphatic carbocycles. The summed E-state index contributed by atoms with van der Waals surface area (Å²) in [4.78, 5) is 4.34. The molecule has 0 aliphatic rings. The minimum atomic E-state index is -0.100. The second-order valence-corrected chi connectivity index (χ2v) is 4.74. The third kappa shape index (κ3) is 3.35. The number of hydrogen-bond donors (Lipinski definition) is 2. The van der Waals surface area contributed by atoms with Gasteiger partial charge in [0, 0.05) is 17.9 Å². The van der Waals surface area contributed by atoms with Gasteiger partial charge in [-0.1, -0.05) is 12.1 Å².